The summed E-state index contributed by atoms with van der Waals surface area (Å²) in [7, 11) is 0. The maximum Gasteiger partial charge on any atom is 0.331 e. The van der Waals surface area contributed by atoms with E-state index in [1.807, 2.05) is 44.2 Å². The van der Waals surface area contributed by atoms with Crippen LogP contribution in [0.3, 0.4) is 0 Å². The van der Waals surface area contributed by atoms with Gasteiger partial charge in [-0.3, -0.25) is 0 Å². The number of aromatic nitrogens is 4. The third kappa shape index (κ3) is 2.09. The lowest BCUT2D eigenvalue weighted by molar-refractivity contribution is -0.148. The maximum absolute atomic E-state index is 11.6. The molecule has 0 saturated heterocycles. The standard InChI is InChI=1S/C13H16N4O2/c1-3-13(4-2,12(18)19)17-11(14-15-16-17)10-8-6-5-7-9-10/h5-9H,3-4H2,1-2H3,(H,18,19). The van der Waals surface area contributed by atoms with Gasteiger partial charge in [0.25, 0.3) is 0 Å². The van der Waals surface area contributed by atoms with Crippen LogP contribution in [0.25, 0.3) is 11.4 Å². The zero-order valence-electron chi connectivity index (χ0n) is 10.9. The number of hydrogen-bond acceptors (Lipinski definition) is 4. The van der Waals surface area contributed by atoms with Gasteiger partial charge >= 0.3 is 5.97 Å². The van der Waals surface area contributed by atoms with Crippen molar-refractivity contribution in [3.63, 3.8) is 0 Å². The van der Waals surface area contributed by atoms with Crippen LogP contribution < -0.4 is 0 Å². The van der Waals surface area contributed by atoms with Gasteiger partial charge in [0.1, 0.15) is 0 Å². The van der Waals surface area contributed by atoms with E-state index in [0.29, 0.717) is 18.7 Å². The quantitative estimate of drug-likeness (QED) is 0.888. The Hall–Kier alpha value is -2.24. The molecule has 0 bridgehead atoms. The largest absolute Gasteiger partial charge is 0.479 e. The van der Waals surface area contributed by atoms with Crippen LogP contribution >= 0.6 is 0 Å². The molecule has 0 spiro atoms. The molecular weight excluding hydrogens is 244 g/mol. The van der Waals surface area contributed by atoms with Crippen molar-refractivity contribution in [1.82, 2.24) is 20.2 Å². The topological polar surface area (TPSA) is 80.9 Å². The molecule has 2 aromatic rings. The molecule has 19 heavy (non-hydrogen) atoms. The van der Waals surface area contributed by atoms with Gasteiger partial charge in [-0.15, -0.1) is 5.10 Å². The molecule has 2 rings (SSSR count). The van der Waals surface area contributed by atoms with Gasteiger partial charge < -0.3 is 5.11 Å². The highest BCUT2D eigenvalue weighted by Crippen LogP contribution is 2.29. The molecule has 1 heterocycles. The number of carboxylic acid groups (broad SMARTS) is 1. The molecule has 0 aliphatic heterocycles. The van der Waals surface area contributed by atoms with E-state index in [4.69, 9.17) is 0 Å². The van der Waals surface area contributed by atoms with Gasteiger partial charge in [-0.25, -0.2) is 9.48 Å². The van der Waals surface area contributed by atoms with Gasteiger partial charge in [0.05, 0.1) is 0 Å². The second-order valence-corrected chi connectivity index (χ2v) is 4.32. The molecule has 6 nitrogen and oxygen atoms in total. The van der Waals surface area contributed by atoms with Crippen molar-refractivity contribution in [2.75, 3.05) is 0 Å². The van der Waals surface area contributed by atoms with Crippen LogP contribution in [0.4, 0.5) is 0 Å². The van der Waals surface area contributed by atoms with Crippen LogP contribution in [0.1, 0.15) is 26.7 Å². The number of carbonyl (C=O) groups is 1. The Kier molecular flexibility index (Phi) is 3.59. The molecule has 0 atom stereocenters. The van der Waals surface area contributed by atoms with Crippen LogP contribution in [0.5, 0.6) is 0 Å². The fourth-order valence-corrected chi connectivity index (χ4v) is 2.19. The molecule has 0 amide bonds. The van der Waals surface area contributed by atoms with Gasteiger partial charge in [0.15, 0.2) is 11.4 Å². The Balaban J connectivity index is 2.58. The van der Waals surface area contributed by atoms with Gasteiger partial charge in [-0.2, -0.15) is 0 Å². The zero-order chi connectivity index (χ0) is 13.9. The molecule has 0 fully saturated rings. The van der Waals surface area contributed by atoms with E-state index in [0.717, 1.165) is 5.56 Å². The Bertz CT molecular complexity index is 561. The first-order chi connectivity index (χ1) is 9.15. The normalized spacial score (nSPS) is 11.5. The minimum atomic E-state index is -1.10. The lowest BCUT2D eigenvalue weighted by atomic mass is 9.93. The summed E-state index contributed by atoms with van der Waals surface area (Å²) in [6.07, 6.45) is 0.841. The summed E-state index contributed by atoms with van der Waals surface area (Å²) in [4.78, 5) is 11.6. The average molecular weight is 260 g/mol. The fraction of sp³-hybridized carbons (Fsp3) is 0.385. The Labute approximate surface area is 111 Å². The molecular formula is C13H16N4O2. The van der Waals surface area contributed by atoms with Crippen molar-refractivity contribution in [3.05, 3.63) is 30.3 Å². The van der Waals surface area contributed by atoms with Crippen LogP contribution in [0.2, 0.25) is 0 Å². The molecule has 1 N–H and O–H groups in total. The molecule has 0 saturated carbocycles. The zero-order valence-corrected chi connectivity index (χ0v) is 10.9. The second kappa shape index (κ2) is 5.17. The number of tetrazole rings is 1. The first-order valence-electron chi connectivity index (χ1n) is 6.23. The summed E-state index contributed by atoms with van der Waals surface area (Å²) in [5.74, 6) is -0.436. The first kappa shape index (κ1) is 13.2. The highest BCUT2D eigenvalue weighted by Gasteiger charge is 2.40. The third-order valence-electron chi connectivity index (χ3n) is 3.47. The van der Waals surface area contributed by atoms with Gasteiger partial charge in [0, 0.05) is 5.56 Å². The van der Waals surface area contributed by atoms with Crippen molar-refractivity contribution in [2.45, 2.75) is 32.2 Å². The smallest absolute Gasteiger partial charge is 0.331 e. The predicted molar refractivity (Wildman–Crippen MR) is 69.4 cm³/mol. The second-order valence-electron chi connectivity index (χ2n) is 4.32. The Morgan fingerprint density at radius 2 is 1.89 bits per heavy atom. The third-order valence-corrected chi connectivity index (χ3v) is 3.47. The summed E-state index contributed by atoms with van der Waals surface area (Å²) >= 11 is 0. The summed E-state index contributed by atoms with van der Waals surface area (Å²) in [6.45, 7) is 3.65. The lowest BCUT2D eigenvalue weighted by Gasteiger charge is -2.27. The van der Waals surface area contributed by atoms with E-state index in [1.54, 1.807) is 0 Å². The molecule has 0 aliphatic carbocycles. The van der Waals surface area contributed by atoms with E-state index in [1.165, 1.54) is 4.68 Å². The van der Waals surface area contributed by atoms with Crippen LogP contribution in [0.15, 0.2) is 30.3 Å². The van der Waals surface area contributed by atoms with Gasteiger partial charge in [-0.05, 0) is 23.3 Å². The number of carboxylic acids is 1. The monoisotopic (exact) mass is 260 g/mol. The number of rotatable bonds is 5. The highest BCUT2D eigenvalue weighted by atomic mass is 16.4. The Morgan fingerprint density at radius 3 is 2.42 bits per heavy atom. The summed E-state index contributed by atoms with van der Waals surface area (Å²) in [5, 5.41) is 21.1. The molecule has 100 valence electrons. The molecule has 0 radical (unpaired) electrons. The number of aliphatic carboxylic acids is 1. The van der Waals surface area contributed by atoms with Crippen LogP contribution in [-0.2, 0) is 10.3 Å². The van der Waals surface area contributed by atoms with Crippen molar-refractivity contribution >= 4 is 5.97 Å². The van der Waals surface area contributed by atoms with Gasteiger partial charge in [-0.1, -0.05) is 44.2 Å². The number of benzene rings is 1. The number of nitrogens with zero attached hydrogens (tertiary/aromatic N) is 4. The van der Waals surface area contributed by atoms with E-state index >= 15 is 0 Å². The maximum atomic E-state index is 11.6. The van der Waals surface area contributed by atoms with Crippen LogP contribution in [0, 0.1) is 0 Å². The van der Waals surface area contributed by atoms with Gasteiger partial charge in [0.2, 0.25) is 0 Å². The van der Waals surface area contributed by atoms with Crippen molar-refractivity contribution in [2.24, 2.45) is 0 Å². The van der Waals surface area contributed by atoms with E-state index in [-0.39, 0.29) is 0 Å². The van der Waals surface area contributed by atoms with Crippen molar-refractivity contribution < 1.29 is 9.90 Å². The molecule has 1 aromatic carbocycles. The molecule has 0 unspecified atom stereocenters. The highest BCUT2D eigenvalue weighted by molar-refractivity contribution is 5.77. The summed E-state index contributed by atoms with van der Waals surface area (Å²) < 4.78 is 1.42. The SMILES string of the molecule is CCC(CC)(C(=O)O)n1nnnc1-c1ccccc1. The molecule has 0 aliphatic rings. The van der Waals surface area contributed by atoms with Crippen molar-refractivity contribution in [1.29, 1.82) is 0 Å². The summed E-state index contributed by atoms with van der Waals surface area (Å²) in [5.41, 5.74) is -0.297. The number of hydrogen-bond donors (Lipinski definition) is 1. The minimum absolute atomic E-state index is 0.420. The fourth-order valence-electron chi connectivity index (χ4n) is 2.19. The molecule has 6 heteroatoms. The van der Waals surface area contributed by atoms with Crippen LogP contribution in [-0.4, -0.2) is 31.3 Å². The van der Waals surface area contributed by atoms with E-state index in [9.17, 15) is 9.90 Å². The van der Waals surface area contributed by atoms with Crippen molar-refractivity contribution in [3.8, 4) is 11.4 Å². The minimum Gasteiger partial charge on any atom is -0.479 e. The molecule has 1 aromatic heterocycles. The van der Waals surface area contributed by atoms with E-state index < -0.39 is 11.5 Å². The lowest BCUT2D eigenvalue weighted by Crippen LogP contribution is -2.42. The van der Waals surface area contributed by atoms with E-state index in [2.05, 4.69) is 15.5 Å². The predicted octanol–water partition coefficient (Wildman–Crippen LogP) is 1.94. The Morgan fingerprint density at radius 1 is 1.26 bits per heavy atom. The average Bonchev–Trinajstić information content (AvgIpc) is 2.91. The summed E-state index contributed by atoms with van der Waals surface area (Å²) in [6, 6.07) is 9.35. The first-order valence-corrected chi connectivity index (χ1v) is 6.23.